The van der Waals surface area contributed by atoms with Crippen LogP contribution in [0, 0.1) is 0 Å². The predicted molar refractivity (Wildman–Crippen MR) is 96.4 cm³/mol. The zero-order valence-electron chi connectivity index (χ0n) is 13.8. The van der Waals surface area contributed by atoms with Crippen molar-refractivity contribution in [2.75, 3.05) is 0 Å². The fourth-order valence-electron chi connectivity index (χ4n) is 2.35. The molecule has 0 saturated carbocycles. The lowest BCUT2D eigenvalue weighted by molar-refractivity contribution is 0.473. The number of para-hydroxylation sites is 1. The molecule has 0 aliphatic rings. The second kappa shape index (κ2) is 7.55. The summed E-state index contributed by atoms with van der Waals surface area (Å²) in [6.45, 7) is 4.23. The largest absolute Gasteiger partial charge is 0.508 e. The minimum atomic E-state index is -0.151. The molecule has 3 heteroatoms. The Kier molecular flexibility index (Phi) is 5.48. The monoisotopic (exact) mass is 322 g/mol. The lowest BCUT2D eigenvalue weighted by Gasteiger charge is -2.26. The van der Waals surface area contributed by atoms with Crippen LogP contribution in [0.25, 0.3) is 0 Å². The number of phenolic OH excluding ortho intramolecular Hbond substituents is 3. The van der Waals surface area contributed by atoms with Gasteiger partial charge in [-0.15, -0.1) is 0 Å². The summed E-state index contributed by atoms with van der Waals surface area (Å²) in [5.74, 6) is 0.869. The van der Waals surface area contributed by atoms with Crippen LogP contribution in [-0.4, -0.2) is 15.3 Å². The second-order valence-corrected chi connectivity index (χ2v) is 6.05. The van der Waals surface area contributed by atoms with Crippen molar-refractivity contribution in [3.05, 3.63) is 90.0 Å². The van der Waals surface area contributed by atoms with E-state index in [-0.39, 0.29) is 16.9 Å². The molecule has 0 aliphatic heterocycles. The zero-order chi connectivity index (χ0) is 17.6. The molecule has 3 rings (SSSR count). The summed E-state index contributed by atoms with van der Waals surface area (Å²) in [6, 6.07) is 23.2. The van der Waals surface area contributed by atoms with Gasteiger partial charge in [-0.3, -0.25) is 0 Å². The smallest absolute Gasteiger partial charge is 0.115 e. The molecular weight excluding hydrogens is 300 g/mol. The van der Waals surface area contributed by atoms with Gasteiger partial charge in [0.1, 0.15) is 17.2 Å². The minimum absolute atomic E-state index is 0.151. The van der Waals surface area contributed by atoms with Gasteiger partial charge in [0.25, 0.3) is 0 Å². The Morgan fingerprint density at radius 2 is 0.833 bits per heavy atom. The summed E-state index contributed by atoms with van der Waals surface area (Å²) >= 11 is 0. The zero-order valence-corrected chi connectivity index (χ0v) is 13.8. The van der Waals surface area contributed by atoms with Crippen molar-refractivity contribution in [1.82, 2.24) is 0 Å². The summed E-state index contributed by atoms with van der Waals surface area (Å²) in [7, 11) is 0. The van der Waals surface area contributed by atoms with Crippen molar-refractivity contribution in [3.8, 4) is 17.2 Å². The molecule has 124 valence electrons. The lowest BCUT2D eigenvalue weighted by Crippen LogP contribution is -2.18. The average molecular weight is 322 g/mol. The first-order valence-corrected chi connectivity index (χ1v) is 7.72. The SMILES string of the molecule is CC(C)(c1ccc(O)cc1)c1ccc(O)cc1.Oc1ccccc1. The normalized spacial score (nSPS) is 10.6. The summed E-state index contributed by atoms with van der Waals surface area (Å²) in [5, 5.41) is 27.2. The number of hydrogen-bond acceptors (Lipinski definition) is 3. The molecule has 0 saturated heterocycles. The Labute approximate surface area is 142 Å². The standard InChI is InChI=1S/C15H16O2.C6H6O/c1-15(2,11-3-7-13(16)8-4-11)12-5-9-14(17)10-6-12;7-6-4-2-1-3-5-6/h3-10,16-17H,1-2H3;1-5,7H. The number of hydrogen-bond donors (Lipinski definition) is 3. The fraction of sp³-hybridized carbons (Fsp3) is 0.143. The third kappa shape index (κ3) is 4.53. The molecule has 3 aromatic carbocycles. The molecule has 24 heavy (non-hydrogen) atoms. The van der Waals surface area contributed by atoms with Crippen LogP contribution in [0.5, 0.6) is 17.2 Å². The van der Waals surface area contributed by atoms with Gasteiger partial charge < -0.3 is 15.3 Å². The molecule has 0 atom stereocenters. The van der Waals surface area contributed by atoms with Gasteiger partial charge in [-0.1, -0.05) is 56.3 Å². The van der Waals surface area contributed by atoms with Crippen LogP contribution in [0.1, 0.15) is 25.0 Å². The predicted octanol–water partition coefficient (Wildman–Crippen LogP) is 4.82. The maximum atomic E-state index is 9.30. The fourth-order valence-corrected chi connectivity index (χ4v) is 2.35. The highest BCUT2D eigenvalue weighted by Crippen LogP contribution is 2.32. The van der Waals surface area contributed by atoms with E-state index in [9.17, 15) is 10.2 Å². The molecule has 0 spiro atoms. The molecular formula is C21H22O3. The minimum Gasteiger partial charge on any atom is -0.508 e. The van der Waals surface area contributed by atoms with Crippen LogP contribution in [0.4, 0.5) is 0 Å². The van der Waals surface area contributed by atoms with E-state index in [2.05, 4.69) is 13.8 Å². The Balaban J connectivity index is 0.000000249. The number of aromatic hydroxyl groups is 3. The summed E-state index contributed by atoms with van der Waals surface area (Å²) in [6.07, 6.45) is 0. The van der Waals surface area contributed by atoms with Gasteiger partial charge in [-0.2, -0.15) is 0 Å². The van der Waals surface area contributed by atoms with Gasteiger partial charge in [0.05, 0.1) is 0 Å². The molecule has 0 bridgehead atoms. The van der Waals surface area contributed by atoms with Gasteiger partial charge in [0.2, 0.25) is 0 Å². The Morgan fingerprint density at radius 3 is 1.12 bits per heavy atom. The molecule has 0 aromatic heterocycles. The van der Waals surface area contributed by atoms with Crippen LogP contribution >= 0.6 is 0 Å². The highest BCUT2D eigenvalue weighted by molar-refractivity contribution is 5.41. The molecule has 0 amide bonds. The second-order valence-electron chi connectivity index (χ2n) is 6.05. The van der Waals surface area contributed by atoms with Crippen molar-refractivity contribution in [1.29, 1.82) is 0 Å². The van der Waals surface area contributed by atoms with E-state index in [1.165, 1.54) is 0 Å². The first-order valence-electron chi connectivity index (χ1n) is 7.72. The maximum Gasteiger partial charge on any atom is 0.115 e. The molecule has 3 N–H and O–H groups in total. The Morgan fingerprint density at radius 1 is 0.500 bits per heavy atom. The average Bonchev–Trinajstić information content (AvgIpc) is 2.57. The third-order valence-corrected chi connectivity index (χ3v) is 3.93. The maximum absolute atomic E-state index is 9.30. The van der Waals surface area contributed by atoms with Crippen molar-refractivity contribution in [2.45, 2.75) is 19.3 Å². The third-order valence-electron chi connectivity index (χ3n) is 3.93. The Hall–Kier alpha value is -2.94. The topological polar surface area (TPSA) is 60.7 Å². The van der Waals surface area contributed by atoms with Crippen LogP contribution in [0.3, 0.4) is 0 Å². The summed E-state index contributed by atoms with van der Waals surface area (Å²) < 4.78 is 0. The van der Waals surface area contributed by atoms with Crippen LogP contribution in [-0.2, 0) is 5.41 Å². The molecule has 0 heterocycles. The highest BCUT2D eigenvalue weighted by Gasteiger charge is 2.22. The van der Waals surface area contributed by atoms with Gasteiger partial charge in [-0.25, -0.2) is 0 Å². The Bertz CT molecular complexity index is 698. The van der Waals surface area contributed by atoms with E-state index < -0.39 is 0 Å². The summed E-state index contributed by atoms with van der Waals surface area (Å²) in [5.41, 5.74) is 2.10. The highest BCUT2D eigenvalue weighted by atomic mass is 16.3. The molecule has 0 aliphatic carbocycles. The quantitative estimate of drug-likeness (QED) is 0.634. The number of phenols is 3. The van der Waals surface area contributed by atoms with E-state index in [1.807, 2.05) is 30.3 Å². The molecule has 3 aromatic rings. The van der Waals surface area contributed by atoms with E-state index in [0.29, 0.717) is 5.75 Å². The van der Waals surface area contributed by atoms with E-state index in [0.717, 1.165) is 11.1 Å². The number of benzene rings is 3. The first kappa shape index (κ1) is 17.4. The molecule has 0 radical (unpaired) electrons. The van der Waals surface area contributed by atoms with Crippen molar-refractivity contribution >= 4 is 0 Å². The van der Waals surface area contributed by atoms with E-state index in [1.54, 1.807) is 48.5 Å². The summed E-state index contributed by atoms with van der Waals surface area (Å²) in [4.78, 5) is 0. The van der Waals surface area contributed by atoms with Crippen LogP contribution in [0.2, 0.25) is 0 Å². The molecule has 3 nitrogen and oxygen atoms in total. The van der Waals surface area contributed by atoms with Crippen molar-refractivity contribution in [2.24, 2.45) is 0 Å². The van der Waals surface area contributed by atoms with E-state index in [4.69, 9.17) is 5.11 Å². The molecule has 0 unspecified atom stereocenters. The van der Waals surface area contributed by atoms with Gasteiger partial charge >= 0.3 is 0 Å². The lowest BCUT2D eigenvalue weighted by atomic mass is 9.78. The molecule has 0 fully saturated rings. The van der Waals surface area contributed by atoms with E-state index >= 15 is 0 Å². The van der Waals surface area contributed by atoms with Gasteiger partial charge in [-0.05, 0) is 47.5 Å². The van der Waals surface area contributed by atoms with Crippen molar-refractivity contribution < 1.29 is 15.3 Å². The van der Waals surface area contributed by atoms with Gasteiger partial charge in [0.15, 0.2) is 0 Å². The number of rotatable bonds is 2. The van der Waals surface area contributed by atoms with Gasteiger partial charge in [0, 0.05) is 5.41 Å². The van der Waals surface area contributed by atoms with Crippen molar-refractivity contribution in [3.63, 3.8) is 0 Å². The van der Waals surface area contributed by atoms with Crippen LogP contribution in [0.15, 0.2) is 78.9 Å². The first-order chi connectivity index (χ1) is 11.4. The van der Waals surface area contributed by atoms with Crippen LogP contribution < -0.4 is 0 Å².